The second-order valence-corrected chi connectivity index (χ2v) is 3.80. The Labute approximate surface area is 99.0 Å². The second kappa shape index (κ2) is 4.33. The van der Waals surface area contributed by atoms with E-state index in [1.54, 1.807) is 6.92 Å². The Bertz CT molecular complexity index is 579. The van der Waals surface area contributed by atoms with E-state index in [-0.39, 0.29) is 5.56 Å². The van der Waals surface area contributed by atoms with Crippen molar-refractivity contribution in [2.45, 2.75) is 13.8 Å². The van der Waals surface area contributed by atoms with Gasteiger partial charge < -0.3 is 5.11 Å². The number of carboxylic acid groups (broad SMARTS) is 1. The summed E-state index contributed by atoms with van der Waals surface area (Å²) in [5.41, 5.74) is 2.43. The number of aryl methyl sites for hydroxylation is 2. The van der Waals surface area contributed by atoms with Crippen LogP contribution in [0.25, 0.3) is 11.3 Å². The molecule has 2 aromatic rings. The van der Waals surface area contributed by atoms with Crippen molar-refractivity contribution in [1.29, 1.82) is 0 Å². The summed E-state index contributed by atoms with van der Waals surface area (Å²) in [5, 5.41) is 9.13. The maximum absolute atomic E-state index is 11.1. The molecule has 0 radical (unpaired) electrons. The molecule has 1 aromatic carbocycles. The van der Waals surface area contributed by atoms with Crippen LogP contribution in [0.2, 0.25) is 0 Å². The predicted octanol–water partition coefficient (Wildman–Crippen LogP) is 2.46. The van der Waals surface area contributed by atoms with Gasteiger partial charge in [-0.3, -0.25) is 0 Å². The van der Waals surface area contributed by atoms with Crippen molar-refractivity contribution in [3.8, 4) is 11.3 Å². The van der Waals surface area contributed by atoms with E-state index < -0.39 is 5.97 Å². The average molecular weight is 228 g/mol. The molecular formula is C13H12N2O2. The molecule has 0 saturated carbocycles. The summed E-state index contributed by atoms with van der Waals surface area (Å²) in [6.07, 6.45) is 1.35. The predicted molar refractivity (Wildman–Crippen MR) is 63.9 cm³/mol. The van der Waals surface area contributed by atoms with Gasteiger partial charge in [-0.15, -0.1) is 0 Å². The van der Waals surface area contributed by atoms with Crippen LogP contribution in [0, 0.1) is 13.8 Å². The van der Waals surface area contributed by atoms with Gasteiger partial charge in [-0.2, -0.15) is 0 Å². The molecule has 4 nitrogen and oxygen atoms in total. The zero-order valence-electron chi connectivity index (χ0n) is 9.64. The maximum Gasteiger partial charge on any atom is 0.339 e. The molecule has 0 atom stereocenters. The number of nitrogens with zero attached hydrogens (tertiary/aromatic N) is 2. The fourth-order valence-electron chi connectivity index (χ4n) is 1.67. The summed E-state index contributed by atoms with van der Waals surface area (Å²) in [6, 6.07) is 7.57. The Kier molecular flexibility index (Phi) is 2.87. The van der Waals surface area contributed by atoms with Crippen molar-refractivity contribution in [1.82, 2.24) is 9.97 Å². The highest BCUT2D eigenvalue weighted by molar-refractivity contribution is 5.94. The highest BCUT2D eigenvalue weighted by Gasteiger charge is 2.15. The summed E-state index contributed by atoms with van der Waals surface area (Å²) in [5.74, 6) is -0.448. The topological polar surface area (TPSA) is 63.1 Å². The monoisotopic (exact) mass is 228 g/mol. The van der Waals surface area contributed by atoms with Crippen LogP contribution >= 0.6 is 0 Å². The summed E-state index contributed by atoms with van der Waals surface area (Å²) >= 11 is 0. The molecule has 86 valence electrons. The minimum absolute atomic E-state index is 0.130. The zero-order valence-corrected chi connectivity index (χ0v) is 9.64. The Morgan fingerprint density at radius 3 is 2.59 bits per heavy atom. The van der Waals surface area contributed by atoms with E-state index in [1.165, 1.54) is 6.20 Å². The molecule has 0 aliphatic rings. The number of benzene rings is 1. The van der Waals surface area contributed by atoms with Crippen LogP contribution in [0.1, 0.15) is 21.7 Å². The number of carboxylic acids is 1. The lowest BCUT2D eigenvalue weighted by Crippen LogP contribution is -2.05. The van der Waals surface area contributed by atoms with E-state index in [1.807, 2.05) is 31.2 Å². The average Bonchev–Trinajstić information content (AvgIpc) is 2.29. The number of hydrogen-bond donors (Lipinski definition) is 1. The standard InChI is InChI=1S/C13H12N2O2/c1-8-5-3-4-6-10(8)12-11(13(16)17)7-14-9(2)15-12/h3-7H,1-2H3,(H,16,17). The van der Waals surface area contributed by atoms with Crippen molar-refractivity contribution in [3.05, 3.63) is 47.4 Å². The molecular weight excluding hydrogens is 216 g/mol. The Hall–Kier alpha value is -2.23. The van der Waals surface area contributed by atoms with Crippen LogP contribution in [-0.2, 0) is 0 Å². The van der Waals surface area contributed by atoms with Gasteiger partial charge in [0.2, 0.25) is 0 Å². The van der Waals surface area contributed by atoms with Gasteiger partial charge in [0.15, 0.2) is 0 Å². The van der Waals surface area contributed by atoms with Crippen molar-refractivity contribution >= 4 is 5.97 Å². The van der Waals surface area contributed by atoms with E-state index in [2.05, 4.69) is 9.97 Å². The van der Waals surface area contributed by atoms with Crippen molar-refractivity contribution in [2.75, 3.05) is 0 Å². The van der Waals surface area contributed by atoms with Crippen LogP contribution in [0.5, 0.6) is 0 Å². The Morgan fingerprint density at radius 2 is 1.94 bits per heavy atom. The number of carbonyl (C=O) groups is 1. The number of hydrogen-bond acceptors (Lipinski definition) is 3. The van der Waals surface area contributed by atoms with Gasteiger partial charge >= 0.3 is 5.97 Å². The minimum Gasteiger partial charge on any atom is -0.478 e. The third-order valence-corrected chi connectivity index (χ3v) is 2.54. The third-order valence-electron chi connectivity index (χ3n) is 2.54. The molecule has 1 N–H and O–H groups in total. The van der Waals surface area contributed by atoms with Gasteiger partial charge in [-0.1, -0.05) is 24.3 Å². The first-order valence-corrected chi connectivity index (χ1v) is 5.22. The maximum atomic E-state index is 11.1. The Balaban J connectivity index is 2.70. The molecule has 0 bridgehead atoms. The van der Waals surface area contributed by atoms with Crippen molar-refractivity contribution < 1.29 is 9.90 Å². The van der Waals surface area contributed by atoms with Gasteiger partial charge in [0.25, 0.3) is 0 Å². The van der Waals surface area contributed by atoms with Crippen LogP contribution in [-0.4, -0.2) is 21.0 Å². The quantitative estimate of drug-likeness (QED) is 0.857. The summed E-state index contributed by atoms with van der Waals surface area (Å²) in [4.78, 5) is 19.3. The number of aromatic nitrogens is 2. The van der Waals surface area contributed by atoms with Gasteiger partial charge in [0.1, 0.15) is 11.4 Å². The van der Waals surface area contributed by atoms with E-state index in [0.29, 0.717) is 11.5 Å². The summed E-state index contributed by atoms with van der Waals surface area (Å²) in [6.45, 7) is 3.67. The highest BCUT2D eigenvalue weighted by atomic mass is 16.4. The van der Waals surface area contributed by atoms with Crippen LogP contribution in [0.3, 0.4) is 0 Å². The van der Waals surface area contributed by atoms with Crippen molar-refractivity contribution in [2.24, 2.45) is 0 Å². The lowest BCUT2D eigenvalue weighted by atomic mass is 10.0. The highest BCUT2D eigenvalue weighted by Crippen LogP contribution is 2.24. The fraction of sp³-hybridized carbons (Fsp3) is 0.154. The van der Waals surface area contributed by atoms with Crippen LogP contribution in [0.4, 0.5) is 0 Å². The van der Waals surface area contributed by atoms with E-state index >= 15 is 0 Å². The SMILES string of the molecule is Cc1ncc(C(=O)O)c(-c2ccccc2C)n1. The largest absolute Gasteiger partial charge is 0.478 e. The minimum atomic E-state index is -1.01. The smallest absolute Gasteiger partial charge is 0.339 e. The number of aromatic carboxylic acids is 1. The van der Waals surface area contributed by atoms with E-state index in [4.69, 9.17) is 5.11 Å². The van der Waals surface area contributed by atoms with Crippen molar-refractivity contribution in [3.63, 3.8) is 0 Å². The molecule has 0 unspecified atom stereocenters. The third kappa shape index (κ3) is 2.15. The lowest BCUT2D eigenvalue weighted by Gasteiger charge is -2.08. The normalized spacial score (nSPS) is 10.2. The van der Waals surface area contributed by atoms with E-state index in [0.717, 1.165) is 11.1 Å². The molecule has 17 heavy (non-hydrogen) atoms. The molecule has 0 aliphatic carbocycles. The van der Waals surface area contributed by atoms with Crippen LogP contribution < -0.4 is 0 Å². The summed E-state index contributed by atoms with van der Waals surface area (Å²) < 4.78 is 0. The fourth-order valence-corrected chi connectivity index (χ4v) is 1.67. The zero-order chi connectivity index (χ0) is 12.4. The molecule has 1 aromatic heterocycles. The number of rotatable bonds is 2. The Morgan fingerprint density at radius 1 is 1.24 bits per heavy atom. The molecule has 0 aliphatic heterocycles. The van der Waals surface area contributed by atoms with Gasteiger partial charge in [0, 0.05) is 11.8 Å². The van der Waals surface area contributed by atoms with E-state index in [9.17, 15) is 4.79 Å². The first kappa shape index (κ1) is 11.3. The molecule has 0 spiro atoms. The van der Waals surface area contributed by atoms with Gasteiger partial charge in [-0.05, 0) is 19.4 Å². The van der Waals surface area contributed by atoms with Gasteiger partial charge in [-0.25, -0.2) is 14.8 Å². The van der Waals surface area contributed by atoms with Gasteiger partial charge in [0.05, 0.1) is 5.69 Å². The molecule has 0 saturated heterocycles. The molecule has 2 rings (SSSR count). The summed E-state index contributed by atoms with van der Waals surface area (Å²) in [7, 11) is 0. The first-order valence-electron chi connectivity index (χ1n) is 5.22. The molecule has 4 heteroatoms. The molecule has 1 heterocycles. The molecule has 0 fully saturated rings. The second-order valence-electron chi connectivity index (χ2n) is 3.80. The lowest BCUT2D eigenvalue weighted by molar-refractivity contribution is 0.0697. The molecule has 0 amide bonds. The first-order chi connectivity index (χ1) is 8.09. The van der Waals surface area contributed by atoms with Crippen LogP contribution in [0.15, 0.2) is 30.5 Å².